The van der Waals surface area contributed by atoms with E-state index in [1.807, 2.05) is 12.1 Å². The van der Waals surface area contributed by atoms with Crippen LogP contribution in [-0.2, 0) is 0 Å². The van der Waals surface area contributed by atoms with Gasteiger partial charge in [0, 0.05) is 30.3 Å². The number of ketones is 1. The van der Waals surface area contributed by atoms with Gasteiger partial charge < -0.3 is 10.2 Å². The summed E-state index contributed by atoms with van der Waals surface area (Å²) in [6.45, 7) is 4.26. The summed E-state index contributed by atoms with van der Waals surface area (Å²) < 4.78 is 0. The summed E-state index contributed by atoms with van der Waals surface area (Å²) in [5.41, 5.74) is 2.15. The molecule has 2 saturated heterocycles. The Morgan fingerprint density at radius 3 is 2.14 bits per heavy atom. The molecule has 1 aromatic rings. The van der Waals surface area contributed by atoms with Gasteiger partial charge in [-0.2, -0.15) is 0 Å². The number of nitrogens with zero attached hydrogens (tertiary/aromatic N) is 1. The number of hydrogen-bond acceptors (Lipinski definition) is 3. The Labute approximate surface area is 139 Å². The molecule has 0 atom stereocenters. The van der Waals surface area contributed by atoms with Gasteiger partial charge in [-0.25, -0.2) is 0 Å². The first-order chi connectivity index (χ1) is 9.34. The van der Waals surface area contributed by atoms with Crippen molar-refractivity contribution in [3.63, 3.8) is 0 Å². The van der Waals surface area contributed by atoms with E-state index in [1.54, 1.807) is 0 Å². The quantitative estimate of drug-likeness (QED) is 0.863. The minimum Gasteiger partial charge on any atom is -0.372 e. The summed E-state index contributed by atoms with van der Waals surface area (Å²) in [4.78, 5) is 14.8. The second kappa shape index (κ2) is 8.62. The highest BCUT2D eigenvalue weighted by atomic mass is 35.5. The van der Waals surface area contributed by atoms with Crippen LogP contribution in [0, 0.1) is 5.92 Å². The van der Waals surface area contributed by atoms with Crippen molar-refractivity contribution in [3.8, 4) is 0 Å². The molecule has 21 heavy (non-hydrogen) atoms. The fourth-order valence-corrected chi connectivity index (χ4v) is 3.13. The number of carbonyl (C=O) groups is 1. The topological polar surface area (TPSA) is 32.3 Å². The third-order valence-corrected chi connectivity index (χ3v) is 4.33. The van der Waals surface area contributed by atoms with E-state index >= 15 is 0 Å². The first kappa shape index (κ1) is 18.3. The SMILES string of the molecule is Cl.Cl.O=C(c1ccc(N2CCCC2)cc1)C1CCNCC1. The lowest BCUT2D eigenvalue weighted by Crippen LogP contribution is -2.31. The van der Waals surface area contributed by atoms with E-state index in [9.17, 15) is 4.79 Å². The van der Waals surface area contributed by atoms with Gasteiger partial charge in [0.25, 0.3) is 0 Å². The maximum atomic E-state index is 12.4. The fourth-order valence-electron chi connectivity index (χ4n) is 3.13. The molecule has 0 spiro atoms. The maximum absolute atomic E-state index is 12.4. The zero-order valence-corrected chi connectivity index (χ0v) is 13.8. The molecule has 0 saturated carbocycles. The molecule has 0 aliphatic carbocycles. The molecule has 0 radical (unpaired) electrons. The molecule has 0 bridgehead atoms. The molecule has 2 heterocycles. The molecular weight excluding hydrogens is 307 g/mol. The van der Waals surface area contributed by atoms with Gasteiger partial charge in [0.05, 0.1) is 0 Å². The molecule has 2 aliphatic rings. The van der Waals surface area contributed by atoms with Gasteiger partial charge in [0.1, 0.15) is 0 Å². The van der Waals surface area contributed by atoms with E-state index < -0.39 is 0 Å². The van der Waals surface area contributed by atoms with E-state index in [4.69, 9.17) is 0 Å². The highest BCUT2D eigenvalue weighted by molar-refractivity contribution is 5.98. The van der Waals surface area contributed by atoms with Crippen LogP contribution in [-0.4, -0.2) is 32.0 Å². The molecule has 5 heteroatoms. The second-order valence-corrected chi connectivity index (χ2v) is 5.63. The van der Waals surface area contributed by atoms with Crippen molar-refractivity contribution in [1.29, 1.82) is 0 Å². The van der Waals surface area contributed by atoms with Gasteiger partial charge >= 0.3 is 0 Å². The number of anilines is 1. The van der Waals surface area contributed by atoms with Crippen LogP contribution in [0.5, 0.6) is 0 Å². The summed E-state index contributed by atoms with van der Waals surface area (Å²) in [5.74, 6) is 0.549. The number of carbonyl (C=O) groups excluding carboxylic acids is 1. The van der Waals surface area contributed by atoms with Gasteiger partial charge in [0.15, 0.2) is 5.78 Å². The molecule has 2 aliphatic heterocycles. The molecular formula is C16H24Cl2N2O. The van der Waals surface area contributed by atoms with Gasteiger partial charge in [-0.15, -0.1) is 24.8 Å². The van der Waals surface area contributed by atoms with Crippen LogP contribution in [0.15, 0.2) is 24.3 Å². The largest absolute Gasteiger partial charge is 0.372 e. The smallest absolute Gasteiger partial charge is 0.166 e. The number of halogens is 2. The Bertz CT molecular complexity index is 438. The molecule has 1 N–H and O–H groups in total. The van der Waals surface area contributed by atoms with E-state index in [0.29, 0.717) is 5.78 Å². The third-order valence-electron chi connectivity index (χ3n) is 4.33. The number of benzene rings is 1. The fraction of sp³-hybridized carbons (Fsp3) is 0.562. The highest BCUT2D eigenvalue weighted by Gasteiger charge is 2.22. The lowest BCUT2D eigenvalue weighted by Gasteiger charge is -2.22. The molecule has 0 amide bonds. The predicted molar refractivity (Wildman–Crippen MR) is 92.3 cm³/mol. The molecule has 2 fully saturated rings. The Balaban J connectivity index is 0.00000110. The van der Waals surface area contributed by atoms with Crippen molar-refractivity contribution in [2.24, 2.45) is 5.92 Å². The molecule has 118 valence electrons. The van der Waals surface area contributed by atoms with Crippen LogP contribution < -0.4 is 10.2 Å². The maximum Gasteiger partial charge on any atom is 0.166 e. The van der Waals surface area contributed by atoms with Crippen molar-refractivity contribution in [1.82, 2.24) is 5.32 Å². The van der Waals surface area contributed by atoms with Crippen LogP contribution in [0.2, 0.25) is 0 Å². The number of nitrogens with one attached hydrogen (secondary N) is 1. The minimum absolute atomic E-state index is 0. The van der Waals surface area contributed by atoms with Crippen LogP contribution in [0.4, 0.5) is 5.69 Å². The summed E-state index contributed by atoms with van der Waals surface area (Å²) in [6, 6.07) is 8.25. The van der Waals surface area contributed by atoms with Gasteiger partial charge in [-0.3, -0.25) is 4.79 Å². The third kappa shape index (κ3) is 4.35. The summed E-state index contributed by atoms with van der Waals surface area (Å²) in [5, 5.41) is 3.31. The number of rotatable bonds is 3. The van der Waals surface area contributed by atoms with Crippen LogP contribution in [0.1, 0.15) is 36.0 Å². The monoisotopic (exact) mass is 330 g/mol. The number of piperidine rings is 1. The van der Waals surface area contributed by atoms with Crippen LogP contribution >= 0.6 is 24.8 Å². The average Bonchev–Trinajstić information content (AvgIpc) is 3.02. The molecule has 0 unspecified atom stereocenters. The summed E-state index contributed by atoms with van der Waals surface area (Å²) >= 11 is 0. The Kier molecular flexibility index (Phi) is 7.50. The highest BCUT2D eigenvalue weighted by Crippen LogP contribution is 2.23. The van der Waals surface area contributed by atoms with Gasteiger partial charge in [0.2, 0.25) is 0 Å². The lowest BCUT2D eigenvalue weighted by molar-refractivity contribution is 0.0895. The minimum atomic E-state index is 0. The molecule has 3 nitrogen and oxygen atoms in total. The van der Waals surface area contributed by atoms with Crippen molar-refractivity contribution in [2.45, 2.75) is 25.7 Å². The predicted octanol–water partition coefficient (Wildman–Crippen LogP) is 3.31. The Morgan fingerprint density at radius 2 is 1.57 bits per heavy atom. The zero-order valence-electron chi connectivity index (χ0n) is 12.2. The zero-order chi connectivity index (χ0) is 13.1. The van der Waals surface area contributed by atoms with E-state index in [2.05, 4.69) is 22.3 Å². The van der Waals surface area contributed by atoms with E-state index in [-0.39, 0.29) is 30.7 Å². The molecule has 0 aromatic heterocycles. The average molecular weight is 331 g/mol. The number of hydrogen-bond donors (Lipinski definition) is 1. The first-order valence-electron chi connectivity index (χ1n) is 7.44. The van der Waals surface area contributed by atoms with Crippen molar-refractivity contribution < 1.29 is 4.79 Å². The summed E-state index contributed by atoms with van der Waals surface area (Å²) in [6.07, 6.45) is 4.53. The Hall–Kier alpha value is -0.770. The Morgan fingerprint density at radius 1 is 1.00 bits per heavy atom. The standard InChI is InChI=1S/C16H22N2O.2ClH/c19-16(14-7-9-17-10-8-14)13-3-5-15(6-4-13)18-11-1-2-12-18;;/h3-6,14,17H,1-2,7-12H2;2*1H. The molecule has 3 rings (SSSR count). The van der Waals surface area contributed by atoms with E-state index in [1.165, 1.54) is 18.5 Å². The lowest BCUT2D eigenvalue weighted by atomic mass is 9.89. The van der Waals surface area contributed by atoms with Crippen molar-refractivity contribution in [2.75, 3.05) is 31.1 Å². The summed E-state index contributed by atoms with van der Waals surface area (Å²) in [7, 11) is 0. The second-order valence-electron chi connectivity index (χ2n) is 5.63. The van der Waals surface area contributed by atoms with Crippen LogP contribution in [0.25, 0.3) is 0 Å². The van der Waals surface area contributed by atoms with E-state index in [0.717, 1.165) is 44.6 Å². The van der Waals surface area contributed by atoms with Crippen molar-refractivity contribution >= 4 is 36.3 Å². The normalized spacial score (nSPS) is 18.8. The van der Waals surface area contributed by atoms with Gasteiger partial charge in [-0.1, -0.05) is 0 Å². The number of Topliss-reactive ketones (excluding diaryl/α,β-unsaturated/α-hetero) is 1. The first-order valence-corrected chi connectivity index (χ1v) is 7.44. The van der Waals surface area contributed by atoms with Crippen LogP contribution in [0.3, 0.4) is 0 Å². The van der Waals surface area contributed by atoms with Gasteiger partial charge in [-0.05, 0) is 63.0 Å². The van der Waals surface area contributed by atoms with Crippen molar-refractivity contribution in [3.05, 3.63) is 29.8 Å². The molecule has 1 aromatic carbocycles.